The first kappa shape index (κ1) is 17.4. The summed E-state index contributed by atoms with van der Waals surface area (Å²) in [5.74, 6) is 0.162. The molecule has 146 valence electrons. The number of ether oxygens (including phenoxy) is 1. The van der Waals surface area contributed by atoms with E-state index in [1.807, 2.05) is 18.2 Å². The monoisotopic (exact) mass is 385 g/mol. The predicted octanol–water partition coefficient (Wildman–Crippen LogP) is 0.870. The molecule has 1 aliphatic carbocycles. The second kappa shape index (κ2) is 6.40. The van der Waals surface area contributed by atoms with Crippen LogP contribution in [0.5, 0.6) is 5.75 Å². The van der Waals surface area contributed by atoms with Crippen LogP contribution in [0, 0.1) is 5.82 Å². The molecule has 1 fully saturated rings. The molecule has 0 amide bonds. The van der Waals surface area contributed by atoms with Crippen molar-refractivity contribution in [3.8, 4) is 5.75 Å². The number of nitrogens with two attached hydrogens (primary N) is 1. The van der Waals surface area contributed by atoms with Gasteiger partial charge in [-0.25, -0.2) is 14.4 Å². The number of aromatic nitrogens is 3. The van der Waals surface area contributed by atoms with E-state index in [2.05, 4.69) is 15.3 Å². The zero-order valence-corrected chi connectivity index (χ0v) is 14.9. The van der Waals surface area contributed by atoms with Crippen LogP contribution in [-0.4, -0.2) is 43.1 Å². The predicted molar refractivity (Wildman–Crippen MR) is 99.0 cm³/mol. The third-order valence-electron chi connectivity index (χ3n) is 5.67. The molecule has 3 heterocycles. The van der Waals surface area contributed by atoms with Crippen molar-refractivity contribution < 1.29 is 19.3 Å². The minimum atomic E-state index is -1.13. The number of benzene rings is 1. The van der Waals surface area contributed by atoms with Crippen molar-refractivity contribution in [3.05, 3.63) is 47.7 Å². The fraction of sp³-hybridized carbons (Fsp3) is 0.368. The summed E-state index contributed by atoms with van der Waals surface area (Å²) in [6.07, 6.45) is -0.0950. The summed E-state index contributed by atoms with van der Waals surface area (Å²) in [6.45, 7) is 1.48. The Balaban J connectivity index is 1.47. The number of aliphatic hydroxyl groups excluding tert-OH is 2. The molecule has 1 aliphatic heterocycles. The van der Waals surface area contributed by atoms with Gasteiger partial charge in [-0.15, -0.1) is 0 Å². The molecule has 4 atom stereocenters. The van der Waals surface area contributed by atoms with Gasteiger partial charge in [-0.2, -0.15) is 0 Å². The molecule has 8 nitrogen and oxygen atoms in total. The van der Waals surface area contributed by atoms with E-state index in [4.69, 9.17) is 10.5 Å². The molecule has 2 aliphatic rings. The molecule has 1 saturated carbocycles. The lowest BCUT2D eigenvalue weighted by Gasteiger charge is -2.20. The molecule has 3 unspecified atom stereocenters. The Bertz CT molecular complexity index is 1060. The SMILES string of the molecule is Nc1ncnc2c1c(F)cn2C1C[C@@H](Oc2cccc3c2CNC3)C(O)C1O. The molecule has 5 rings (SSSR count). The quantitative estimate of drug-likeness (QED) is 0.528. The number of hydrogen-bond donors (Lipinski definition) is 4. The average Bonchev–Trinajstić information content (AvgIpc) is 3.36. The van der Waals surface area contributed by atoms with Crippen molar-refractivity contribution in [3.63, 3.8) is 0 Å². The van der Waals surface area contributed by atoms with Gasteiger partial charge >= 0.3 is 0 Å². The van der Waals surface area contributed by atoms with Gasteiger partial charge in [-0.05, 0) is 11.6 Å². The zero-order valence-electron chi connectivity index (χ0n) is 14.9. The topological polar surface area (TPSA) is 118 Å². The van der Waals surface area contributed by atoms with Gasteiger partial charge in [-0.3, -0.25) is 0 Å². The fourth-order valence-electron chi connectivity index (χ4n) is 4.25. The van der Waals surface area contributed by atoms with Crippen molar-refractivity contribution in [2.24, 2.45) is 0 Å². The van der Waals surface area contributed by atoms with E-state index < -0.39 is 30.2 Å². The molecule has 0 spiro atoms. The van der Waals surface area contributed by atoms with E-state index in [1.54, 1.807) is 0 Å². The number of nitrogens with zero attached hydrogens (tertiary/aromatic N) is 3. The number of nitrogens with one attached hydrogen (secondary N) is 1. The van der Waals surface area contributed by atoms with Gasteiger partial charge in [0.25, 0.3) is 0 Å². The Hall–Kier alpha value is -2.75. The minimum absolute atomic E-state index is 0.0365. The van der Waals surface area contributed by atoms with Crippen LogP contribution in [0.4, 0.5) is 10.2 Å². The van der Waals surface area contributed by atoms with Crippen LogP contribution in [0.1, 0.15) is 23.6 Å². The van der Waals surface area contributed by atoms with Crippen LogP contribution >= 0.6 is 0 Å². The van der Waals surface area contributed by atoms with E-state index in [9.17, 15) is 14.6 Å². The van der Waals surface area contributed by atoms with Crippen LogP contribution in [0.2, 0.25) is 0 Å². The van der Waals surface area contributed by atoms with Crippen LogP contribution in [0.15, 0.2) is 30.7 Å². The van der Waals surface area contributed by atoms with E-state index >= 15 is 0 Å². The Labute approximate surface area is 159 Å². The summed E-state index contributed by atoms with van der Waals surface area (Å²) in [7, 11) is 0. The number of aliphatic hydroxyl groups is 2. The molecule has 9 heteroatoms. The smallest absolute Gasteiger partial charge is 0.154 e. The molecule has 5 N–H and O–H groups in total. The highest BCUT2D eigenvalue weighted by Crippen LogP contribution is 2.38. The lowest BCUT2D eigenvalue weighted by atomic mass is 10.1. The summed E-state index contributed by atoms with van der Waals surface area (Å²) >= 11 is 0. The number of nitrogen functional groups attached to an aromatic ring is 1. The van der Waals surface area contributed by atoms with E-state index in [0.29, 0.717) is 18.7 Å². The number of anilines is 1. The summed E-state index contributed by atoms with van der Waals surface area (Å²) in [5.41, 5.74) is 8.27. The average molecular weight is 385 g/mol. The molecule has 0 radical (unpaired) electrons. The van der Waals surface area contributed by atoms with Gasteiger partial charge in [-0.1, -0.05) is 12.1 Å². The Kier molecular flexibility index (Phi) is 3.97. The summed E-state index contributed by atoms with van der Waals surface area (Å²) in [6, 6.07) is 5.20. The summed E-state index contributed by atoms with van der Waals surface area (Å²) < 4.78 is 22.0. The first-order chi connectivity index (χ1) is 13.5. The molecule has 2 aromatic heterocycles. The lowest BCUT2D eigenvalue weighted by molar-refractivity contribution is -0.0166. The van der Waals surface area contributed by atoms with Gasteiger partial charge in [0, 0.05) is 31.3 Å². The van der Waals surface area contributed by atoms with Crippen LogP contribution in [-0.2, 0) is 13.1 Å². The highest BCUT2D eigenvalue weighted by atomic mass is 19.1. The van der Waals surface area contributed by atoms with Crippen LogP contribution < -0.4 is 15.8 Å². The lowest BCUT2D eigenvalue weighted by Crippen LogP contribution is -2.34. The molecular formula is C19H20FN5O3. The standard InChI is InChI=1S/C19H20FN5O3/c20-11-7-25(19-15(11)18(21)23-8-24-19)12-4-14(17(27)16(12)26)28-13-3-1-2-9-5-22-6-10(9)13/h1-3,7-8,12,14,16-17,22,26-27H,4-6H2,(H2,21,23,24)/t12?,14-,16?,17?/m1/s1. The third kappa shape index (κ3) is 2.55. The maximum atomic E-state index is 14.4. The molecule has 28 heavy (non-hydrogen) atoms. The van der Waals surface area contributed by atoms with Crippen molar-refractivity contribution in [1.29, 1.82) is 0 Å². The van der Waals surface area contributed by atoms with Crippen LogP contribution in [0.25, 0.3) is 11.0 Å². The molecular weight excluding hydrogens is 365 g/mol. The number of halogens is 1. The first-order valence-electron chi connectivity index (χ1n) is 9.15. The summed E-state index contributed by atoms with van der Waals surface area (Å²) in [4.78, 5) is 7.93. The number of fused-ring (bicyclic) bond motifs is 2. The van der Waals surface area contributed by atoms with Gasteiger partial charge in [0.2, 0.25) is 0 Å². The van der Waals surface area contributed by atoms with Crippen molar-refractivity contribution in [2.45, 2.75) is 43.9 Å². The zero-order chi connectivity index (χ0) is 19.4. The van der Waals surface area contributed by atoms with Gasteiger partial charge in [0.15, 0.2) is 5.82 Å². The first-order valence-corrected chi connectivity index (χ1v) is 9.15. The second-order valence-electron chi connectivity index (χ2n) is 7.28. The van der Waals surface area contributed by atoms with E-state index in [0.717, 1.165) is 17.7 Å². The summed E-state index contributed by atoms with van der Waals surface area (Å²) in [5, 5.41) is 24.6. The normalized spacial score (nSPS) is 26.7. The number of rotatable bonds is 3. The molecule has 1 aromatic carbocycles. The maximum absolute atomic E-state index is 14.4. The number of hydrogen-bond acceptors (Lipinski definition) is 7. The van der Waals surface area contributed by atoms with Gasteiger partial charge in [0.05, 0.1) is 11.4 Å². The molecule has 3 aromatic rings. The van der Waals surface area contributed by atoms with Gasteiger partial charge in [0.1, 0.15) is 41.9 Å². The van der Waals surface area contributed by atoms with Crippen LogP contribution in [0.3, 0.4) is 0 Å². The van der Waals surface area contributed by atoms with Crippen molar-refractivity contribution >= 4 is 16.9 Å². The highest BCUT2D eigenvalue weighted by molar-refractivity contribution is 5.86. The maximum Gasteiger partial charge on any atom is 0.154 e. The second-order valence-corrected chi connectivity index (χ2v) is 7.28. The Morgan fingerprint density at radius 3 is 2.93 bits per heavy atom. The fourth-order valence-corrected chi connectivity index (χ4v) is 4.25. The van der Waals surface area contributed by atoms with E-state index in [-0.39, 0.29) is 16.9 Å². The van der Waals surface area contributed by atoms with E-state index in [1.165, 1.54) is 17.1 Å². The van der Waals surface area contributed by atoms with Gasteiger partial charge < -0.3 is 30.6 Å². The Morgan fingerprint density at radius 1 is 1.21 bits per heavy atom. The molecule has 0 bridgehead atoms. The van der Waals surface area contributed by atoms with Crippen molar-refractivity contribution in [2.75, 3.05) is 5.73 Å². The minimum Gasteiger partial charge on any atom is -0.487 e. The highest BCUT2D eigenvalue weighted by Gasteiger charge is 2.45. The third-order valence-corrected chi connectivity index (χ3v) is 5.67. The Morgan fingerprint density at radius 2 is 2.07 bits per heavy atom. The van der Waals surface area contributed by atoms with Crippen molar-refractivity contribution in [1.82, 2.24) is 19.9 Å². The largest absolute Gasteiger partial charge is 0.487 e. The molecule has 0 saturated heterocycles.